The maximum Gasteiger partial charge on any atom is 0.302 e. The first-order valence-electron chi connectivity index (χ1n) is 12.2. The first kappa shape index (κ1) is 28.4. The van der Waals surface area contributed by atoms with E-state index in [1.54, 1.807) is 78.9 Å². The standard InChI is InChI=1S/C24H20ClN5O3.C4H11N/c1-16(31)27-24(28-18-12-6-3-7-13-18)22(26-21(32)17-10-4-2-5-11-17)29-30(23(24)33)20-15-9-8-14-19(20)25;1-3-5-4-2/h2-15,28H,1H3,(H,27,31)(H,26,29,32);5H,3-4H2,1-2H3. The number of para-hydroxylation sites is 2. The van der Waals surface area contributed by atoms with E-state index in [0.29, 0.717) is 16.9 Å². The molecule has 38 heavy (non-hydrogen) atoms. The molecule has 1 unspecified atom stereocenters. The van der Waals surface area contributed by atoms with E-state index in [4.69, 9.17) is 11.6 Å². The number of benzene rings is 3. The minimum Gasteiger partial charge on any atom is -0.348 e. The molecule has 0 aliphatic carbocycles. The van der Waals surface area contributed by atoms with Crippen LogP contribution in [0, 0.1) is 0 Å². The van der Waals surface area contributed by atoms with Crippen LogP contribution in [0.3, 0.4) is 0 Å². The maximum absolute atomic E-state index is 13.8. The number of hydrogen-bond acceptors (Lipinski definition) is 6. The molecule has 198 valence electrons. The number of anilines is 2. The van der Waals surface area contributed by atoms with Gasteiger partial charge in [0.25, 0.3) is 11.6 Å². The first-order chi connectivity index (χ1) is 18.3. The van der Waals surface area contributed by atoms with Gasteiger partial charge in [-0.15, -0.1) is 5.10 Å². The lowest BCUT2D eigenvalue weighted by molar-refractivity contribution is -0.127. The third kappa shape index (κ3) is 6.76. The van der Waals surface area contributed by atoms with E-state index in [9.17, 15) is 14.4 Å². The molecular weight excluding hydrogens is 504 g/mol. The number of rotatable bonds is 7. The number of carbonyl (C=O) groups excluding carboxylic acids is 3. The van der Waals surface area contributed by atoms with Gasteiger partial charge in [0.05, 0.1) is 10.7 Å². The highest BCUT2D eigenvalue weighted by Gasteiger charge is 2.54. The number of nitrogens with zero attached hydrogens (tertiary/aromatic N) is 2. The van der Waals surface area contributed by atoms with Gasteiger partial charge in [0.1, 0.15) is 0 Å². The van der Waals surface area contributed by atoms with Gasteiger partial charge in [-0.2, -0.15) is 5.01 Å². The SMILES string of the molecule is CC(=O)NC1(Nc2ccccc2)C(=O)N(c2ccccc2Cl)N=C1NC(=O)c1ccccc1.CCNCC. The molecule has 0 aromatic heterocycles. The zero-order valence-corrected chi connectivity index (χ0v) is 22.3. The van der Waals surface area contributed by atoms with Crippen molar-refractivity contribution in [3.8, 4) is 0 Å². The minimum atomic E-state index is -1.88. The summed E-state index contributed by atoms with van der Waals surface area (Å²) in [5, 5.41) is 17.2. The molecule has 10 heteroatoms. The first-order valence-corrected chi connectivity index (χ1v) is 12.6. The average Bonchev–Trinajstić information content (AvgIpc) is 3.16. The van der Waals surface area contributed by atoms with Crippen molar-refractivity contribution in [2.24, 2.45) is 5.10 Å². The van der Waals surface area contributed by atoms with Crippen LogP contribution in [0.4, 0.5) is 11.4 Å². The second-order valence-electron chi connectivity index (χ2n) is 8.22. The number of amidine groups is 1. The van der Waals surface area contributed by atoms with Crippen molar-refractivity contribution < 1.29 is 14.4 Å². The summed E-state index contributed by atoms with van der Waals surface area (Å²) in [6.07, 6.45) is 0. The van der Waals surface area contributed by atoms with Gasteiger partial charge in [-0.25, -0.2) is 0 Å². The predicted molar refractivity (Wildman–Crippen MR) is 151 cm³/mol. The van der Waals surface area contributed by atoms with E-state index in [-0.39, 0.29) is 10.9 Å². The highest BCUT2D eigenvalue weighted by atomic mass is 35.5. The smallest absolute Gasteiger partial charge is 0.302 e. The molecule has 0 fully saturated rings. The zero-order chi connectivity index (χ0) is 27.5. The van der Waals surface area contributed by atoms with Crippen LogP contribution in [0.15, 0.2) is 90.0 Å². The summed E-state index contributed by atoms with van der Waals surface area (Å²) in [6.45, 7) is 7.66. The lowest BCUT2D eigenvalue weighted by atomic mass is 10.1. The Morgan fingerprint density at radius 3 is 2.03 bits per heavy atom. The Kier molecular flexibility index (Phi) is 9.98. The molecule has 1 aliphatic heterocycles. The second kappa shape index (κ2) is 13.4. The molecule has 0 bridgehead atoms. The fourth-order valence-electron chi connectivity index (χ4n) is 3.66. The summed E-state index contributed by atoms with van der Waals surface area (Å²) in [4.78, 5) is 39.0. The molecule has 1 aliphatic rings. The van der Waals surface area contributed by atoms with Gasteiger partial charge in [-0.1, -0.05) is 74.0 Å². The molecule has 0 radical (unpaired) electrons. The van der Waals surface area contributed by atoms with Crippen LogP contribution >= 0.6 is 11.6 Å². The third-order valence-electron chi connectivity index (χ3n) is 5.39. The Morgan fingerprint density at radius 1 is 0.895 bits per heavy atom. The van der Waals surface area contributed by atoms with Crippen molar-refractivity contribution >= 4 is 46.5 Å². The zero-order valence-electron chi connectivity index (χ0n) is 21.5. The monoisotopic (exact) mass is 534 g/mol. The van der Waals surface area contributed by atoms with Crippen molar-refractivity contribution in [2.45, 2.75) is 26.4 Å². The van der Waals surface area contributed by atoms with Crippen LogP contribution < -0.4 is 26.3 Å². The number of carbonyl (C=O) groups is 3. The fourth-order valence-corrected chi connectivity index (χ4v) is 3.88. The summed E-state index contributed by atoms with van der Waals surface area (Å²) in [5.74, 6) is -1.74. The number of nitrogens with one attached hydrogen (secondary N) is 4. The number of hydrogen-bond donors (Lipinski definition) is 4. The molecule has 0 saturated heterocycles. The van der Waals surface area contributed by atoms with Gasteiger partial charge in [0.2, 0.25) is 5.91 Å². The average molecular weight is 535 g/mol. The van der Waals surface area contributed by atoms with Gasteiger partial charge in [0.15, 0.2) is 5.84 Å². The van der Waals surface area contributed by atoms with Crippen molar-refractivity contribution in [1.29, 1.82) is 0 Å². The van der Waals surface area contributed by atoms with E-state index in [1.165, 1.54) is 6.92 Å². The maximum atomic E-state index is 13.8. The quantitative estimate of drug-likeness (QED) is 0.342. The van der Waals surface area contributed by atoms with E-state index < -0.39 is 23.4 Å². The van der Waals surface area contributed by atoms with Crippen LogP contribution in [-0.4, -0.2) is 42.3 Å². The van der Waals surface area contributed by atoms with Gasteiger partial charge in [-0.05, 0) is 49.5 Å². The highest BCUT2D eigenvalue weighted by molar-refractivity contribution is 6.35. The summed E-state index contributed by atoms with van der Waals surface area (Å²) in [6, 6.07) is 23.9. The summed E-state index contributed by atoms with van der Waals surface area (Å²) in [5.41, 5.74) is -0.683. The number of hydrazone groups is 1. The normalized spacial score (nSPS) is 16.2. The van der Waals surface area contributed by atoms with Crippen LogP contribution in [0.1, 0.15) is 31.1 Å². The Morgan fingerprint density at radius 2 is 1.47 bits per heavy atom. The van der Waals surface area contributed by atoms with Crippen molar-refractivity contribution in [2.75, 3.05) is 23.4 Å². The molecule has 3 aromatic rings. The third-order valence-corrected chi connectivity index (χ3v) is 5.71. The van der Waals surface area contributed by atoms with Gasteiger partial charge < -0.3 is 21.3 Å². The summed E-state index contributed by atoms with van der Waals surface area (Å²) >= 11 is 6.32. The predicted octanol–water partition coefficient (Wildman–Crippen LogP) is 3.99. The number of halogens is 1. The highest BCUT2D eigenvalue weighted by Crippen LogP contribution is 2.32. The van der Waals surface area contributed by atoms with E-state index in [1.807, 2.05) is 6.07 Å². The topological polar surface area (TPSA) is 115 Å². The Hall–Kier alpha value is -4.21. The van der Waals surface area contributed by atoms with Crippen LogP contribution in [0.25, 0.3) is 0 Å². The Bertz CT molecular complexity index is 1280. The Balaban J connectivity index is 0.000000732. The van der Waals surface area contributed by atoms with Gasteiger partial charge >= 0.3 is 5.91 Å². The molecule has 0 spiro atoms. The second-order valence-corrected chi connectivity index (χ2v) is 8.62. The van der Waals surface area contributed by atoms with E-state index in [2.05, 4.69) is 40.2 Å². The molecule has 1 atom stereocenters. The molecule has 9 nitrogen and oxygen atoms in total. The lowest BCUT2D eigenvalue weighted by Gasteiger charge is -2.31. The van der Waals surface area contributed by atoms with Crippen LogP contribution in [-0.2, 0) is 9.59 Å². The summed E-state index contributed by atoms with van der Waals surface area (Å²) < 4.78 is 0. The molecule has 1 heterocycles. The molecule has 3 amide bonds. The van der Waals surface area contributed by atoms with Gasteiger partial charge in [-0.3, -0.25) is 14.4 Å². The fraction of sp³-hybridized carbons (Fsp3) is 0.214. The van der Waals surface area contributed by atoms with Crippen LogP contribution in [0.2, 0.25) is 5.02 Å². The van der Waals surface area contributed by atoms with E-state index in [0.717, 1.165) is 18.1 Å². The minimum absolute atomic E-state index is 0.0969. The lowest BCUT2D eigenvalue weighted by Crippen LogP contribution is -2.67. The molecule has 3 aromatic carbocycles. The number of amides is 3. The largest absolute Gasteiger partial charge is 0.348 e. The van der Waals surface area contributed by atoms with Crippen LogP contribution in [0.5, 0.6) is 0 Å². The van der Waals surface area contributed by atoms with Crippen molar-refractivity contribution in [3.05, 3.63) is 95.5 Å². The van der Waals surface area contributed by atoms with E-state index >= 15 is 0 Å². The van der Waals surface area contributed by atoms with Crippen molar-refractivity contribution in [3.63, 3.8) is 0 Å². The Labute approximate surface area is 227 Å². The molecular formula is C28H31ClN6O3. The van der Waals surface area contributed by atoms with Crippen molar-refractivity contribution in [1.82, 2.24) is 16.0 Å². The molecule has 0 saturated carbocycles. The summed E-state index contributed by atoms with van der Waals surface area (Å²) in [7, 11) is 0. The molecule has 4 rings (SSSR count). The molecule has 4 N–H and O–H groups in total. The van der Waals surface area contributed by atoms with Gasteiger partial charge in [0, 0.05) is 18.2 Å².